The van der Waals surface area contributed by atoms with E-state index in [9.17, 15) is 9.90 Å². The van der Waals surface area contributed by atoms with Gasteiger partial charge in [0.05, 0.1) is 12.2 Å². The predicted molar refractivity (Wildman–Crippen MR) is 181 cm³/mol. The van der Waals surface area contributed by atoms with Crippen molar-refractivity contribution < 1.29 is 5.11 Å². The minimum atomic E-state index is -1.01. The summed E-state index contributed by atoms with van der Waals surface area (Å²) in [7, 11) is 2.24. The van der Waals surface area contributed by atoms with E-state index in [1.807, 2.05) is 19.1 Å². The fourth-order valence-corrected chi connectivity index (χ4v) is 8.30. The van der Waals surface area contributed by atoms with E-state index in [1.54, 1.807) is 21.6 Å². The fraction of sp³-hybridized carbons (Fsp3) is 0.500. The number of rotatable bonds is 6. The van der Waals surface area contributed by atoms with Gasteiger partial charge in [-0.15, -0.1) is 6.58 Å². The Morgan fingerprint density at radius 2 is 1.67 bits per heavy atom. The number of pyridine rings is 1. The number of aryl methyl sites for hydroxylation is 1. The first-order valence-electron chi connectivity index (χ1n) is 16.8. The molecule has 3 fully saturated rings. The van der Waals surface area contributed by atoms with E-state index >= 15 is 0 Å². The topological polar surface area (TPSA) is 104 Å². The van der Waals surface area contributed by atoms with Crippen LogP contribution in [0.4, 0.5) is 17.3 Å². The van der Waals surface area contributed by atoms with Gasteiger partial charge in [0.2, 0.25) is 5.95 Å². The second-order valence-corrected chi connectivity index (χ2v) is 14.4. The van der Waals surface area contributed by atoms with E-state index in [0.717, 1.165) is 50.0 Å². The summed E-state index contributed by atoms with van der Waals surface area (Å²) in [4.78, 5) is 32.8. The molecule has 4 aromatic rings. The van der Waals surface area contributed by atoms with Crippen LogP contribution in [-0.2, 0) is 18.6 Å². The molecule has 0 amide bonds. The average molecular weight is 621 g/mol. The minimum Gasteiger partial charge on any atom is -0.383 e. The van der Waals surface area contributed by atoms with Crippen molar-refractivity contribution in [1.29, 1.82) is 0 Å². The molecule has 1 aromatic carbocycles. The van der Waals surface area contributed by atoms with E-state index in [-0.39, 0.29) is 17.5 Å². The molecule has 4 aliphatic rings. The summed E-state index contributed by atoms with van der Waals surface area (Å²) >= 11 is 0. The van der Waals surface area contributed by atoms with Crippen molar-refractivity contribution in [1.82, 2.24) is 29.2 Å². The van der Waals surface area contributed by atoms with Gasteiger partial charge in [-0.3, -0.25) is 4.79 Å². The first-order valence-corrected chi connectivity index (χ1v) is 16.8. The minimum absolute atomic E-state index is 0.0944. The molecule has 0 unspecified atom stereocenters. The van der Waals surface area contributed by atoms with Gasteiger partial charge in [-0.25, -0.2) is 19.3 Å². The van der Waals surface area contributed by atoms with Crippen LogP contribution in [0.5, 0.6) is 0 Å². The number of likely N-dealkylation sites (tertiary alicyclic amines) is 1. The average Bonchev–Trinajstić information content (AvgIpc) is 3.82. The van der Waals surface area contributed by atoms with E-state index in [0.29, 0.717) is 33.9 Å². The lowest BCUT2D eigenvalue weighted by atomic mass is 9.71. The molecule has 10 heteroatoms. The quantitative estimate of drug-likeness (QED) is 0.285. The normalized spacial score (nSPS) is 23.5. The Hall–Kier alpha value is -4.02. The molecule has 0 bridgehead atoms. The van der Waals surface area contributed by atoms with Crippen LogP contribution in [0.2, 0.25) is 0 Å². The number of nitrogens with zero attached hydrogens (tertiary/aromatic N) is 7. The van der Waals surface area contributed by atoms with Crippen molar-refractivity contribution in [3.05, 3.63) is 76.9 Å². The van der Waals surface area contributed by atoms with Gasteiger partial charge in [0.1, 0.15) is 11.0 Å². The second-order valence-electron chi connectivity index (χ2n) is 14.4. The van der Waals surface area contributed by atoms with E-state index in [1.165, 1.54) is 44.5 Å². The fourth-order valence-electron chi connectivity index (χ4n) is 8.30. The van der Waals surface area contributed by atoms with Crippen molar-refractivity contribution in [2.45, 2.75) is 70.4 Å². The molecule has 2 aliphatic heterocycles. The summed E-state index contributed by atoms with van der Waals surface area (Å²) < 4.78 is 3.33. The molecule has 240 valence electrons. The molecule has 5 heterocycles. The molecule has 2 spiro atoms. The molecule has 10 nitrogen and oxygen atoms in total. The molecule has 2 saturated heterocycles. The highest BCUT2D eigenvalue weighted by molar-refractivity contribution is 5.77. The highest BCUT2D eigenvalue weighted by Gasteiger charge is 2.59. The van der Waals surface area contributed by atoms with E-state index < -0.39 is 5.60 Å². The molecular weight excluding hydrogens is 576 g/mol. The molecule has 46 heavy (non-hydrogen) atoms. The summed E-state index contributed by atoms with van der Waals surface area (Å²) in [6, 6.07) is 12.4. The smallest absolute Gasteiger partial charge is 0.278 e. The number of aromatic nitrogens is 5. The number of anilines is 3. The lowest BCUT2D eigenvalue weighted by molar-refractivity contribution is -0.0371. The van der Waals surface area contributed by atoms with Crippen LogP contribution in [0.3, 0.4) is 0 Å². The molecule has 8 rings (SSSR count). The zero-order chi connectivity index (χ0) is 31.7. The summed E-state index contributed by atoms with van der Waals surface area (Å²) in [5.41, 5.74) is 3.55. The van der Waals surface area contributed by atoms with Gasteiger partial charge in [-0.1, -0.05) is 12.1 Å². The number of allylic oxidation sites excluding steroid dienone is 1. The molecule has 2 aliphatic carbocycles. The van der Waals surface area contributed by atoms with Crippen LogP contribution in [-0.4, -0.2) is 67.5 Å². The number of piperidine rings is 2. The summed E-state index contributed by atoms with van der Waals surface area (Å²) in [5.74, 6) is 0.942. The first kappa shape index (κ1) is 29.4. The summed E-state index contributed by atoms with van der Waals surface area (Å²) in [6.45, 7) is 10.7. The van der Waals surface area contributed by atoms with Gasteiger partial charge in [-0.05, 0) is 120 Å². The van der Waals surface area contributed by atoms with Gasteiger partial charge >= 0.3 is 0 Å². The SMILES string of the molecule is C=CCn1c(=O)c2cnc(Nc3ccc(N4CCC5(CCN(C)CC5)CC4)cc3)nc2n1-c1ccc2c(n1)[C@@](C)(O)C1(CC2)CC1. The van der Waals surface area contributed by atoms with Gasteiger partial charge in [0.15, 0.2) is 11.5 Å². The number of fused-ring (bicyclic) bond motifs is 2. The molecule has 1 atom stereocenters. The maximum atomic E-state index is 13.5. The number of aliphatic hydroxyl groups is 1. The highest BCUT2D eigenvalue weighted by Crippen LogP contribution is 2.63. The van der Waals surface area contributed by atoms with Gasteiger partial charge < -0.3 is 20.2 Å². The number of benzene rings is 1. The third-order valence-corrected chi connectivity index (χ3v) is 11.7. The second kappa shape index (κ2) is 10.8. The number of hydrogen-bond acceptors (Lipinski definition) is 8. The van der Waals surface area contributed by atoms with Crippen molar-refractivity contribution in [3.8, 4) is 5.82 Å². The lowest BCUT2D eigenvalue weighted by Gasteiger charge is -2.46. The Morgan fingerprint density at radius 1 is 0.957 bits per heavy atom. The largest absolute Gasteiger partial charge is 0.383 e. The molecular formula is C36H44N8O2. The highest BCUT2D eigenvalue weighted by atomic mass is 16.3. The van der Waals surface area contributed by atoms with Gasteiger partial charge in [-0.2, -0.15) is 4.98 Å². The Kier molecular flexibility index (Phi) is 6.88. The van der Waals surface area contributed by atoms with Crippen LogP contribution in [0.15, 0.2) is 60.0 Å². The molecule has 2 N–H and O–H groups in total. The number of nitrogens with one attached hydrogen (secondary N) is 1. The van der Waals surface area contributed by atoms with Crippen molar-refractivity contribution >= 4 is 28.4 Å². The Morgan fingerprint density at radius 3 is 2.37 bits per heavy atom. The molecule has 0 radical (unpaired) electrons. The zero-order valence-electron chi connectivity index (χ0n) is 27.0. The van der Waals surface area contributed by atoms with Crippen molar-refractivity contribution in [2.24, 2.45) is 10.8 Å². The molecule has 1 saturated carbocycles. The Balaban J connectivity index is 1.06. The van der Waals surface area contributed by atoms with Gasteiger partial charge in [0, 0.05) is 36.1 Å². The maximum absolute atomic E-state index is 13.5. The molecule has 3 aromatic heterocycles. The summed E-state index contributed by atoms with van der Waals surface area (Å²) in [5, 5.41) is 15.4. The Labute approximate surface area is 269 Å². The monoisotopic (exact) mass is 620 g/mol. The maximum Gasteiger partial charge on any atom is 0.278 e. The van der Waals surface area contributed by atoms with E-state index in [2.05, 4.69) is 58.0 Å². The summed E-state index contributed by atoms with van der Waals surface area (Å²) in [6.07, 6.45) is 12.3. The van der Waals surface area contributed by atoms with Crippen molar-refractivity contribution in [3.63, 3.8) is 0 Å². The standard InChI is InChI=1S/C36H44N8O2/c1-4-19-43-32(45)28-24-37-33(38-26-6-8-27(9-7-26)42-22-17-35(18-23-42)15-20-41(3)21-16-35)40-31(28)44(43)29-10-5-25-11-12-36(13-14-36)34(2,46)30(25)39-29/h4-10,24,46H,1,11-23H2,2-3H3,(H,37,38,40)/t34-/m1/s1. The Bertz CT molecular complexity index is 1850. The third kappa shape index (κ3) is 4.76. The zero-order valence-corrected chi connectivity index (χ0v) is 27.0. The first-order chi connectivity index (χ1) is 22.2. The van der Waals surface area contributed by atoms with Crippen LogP contribution < -0.4 is 15.8 Å². The number of hydrogen-bond donors (Lipinski definition) is 2. The lowest BCUT2D eigenvalue weighted by Crippen LogP contribution is -2.46. The van der Waals surface area contributed by atoms with Gasteiger partial charge in [0.25, 0.3) is 5.56 Å². The van der Waals surface area contributed by atoms with Crippen molar-refractivity contribution in [2.75, 3.05) is 43.4 Å². The predicted octanol–water partition coefficient (Wildman–Crippen LogP) is 5.15. The third-order valence-electron chi connectivity index (χ3n) is 11.7. The van der Waals surface area contributed by atoms with Crippen LogP contribution in [0.1, 0.15) is 63.1 Å². The van der Waals surface area contributed by atoms with E-state index in [4.69, 9.17) is 9.97 Å². The van der Waals surface area contributed by atoms with Crippen LogP contribution >= 0.6 is 0 Å². The van der Waals surface area contributed by atoms with Crippen LogP contribution in [0, 0.1) is 10.8 Å². The van der Waals surface area contributed by atoms with Crippen LogP contribution in [0.25, 0.3) is 16.9 Å².